The van der Waals surface area contributed by atoms with Gasteiger partial charge >= 0.3 is 0 Å². The zero-order valence-corrected chi connectivity index (χ0v) is 17.6. The first kappa shape index (κ1) is 19.7. The number of fused-ring (bicyclic) bond motifs is 1. The van der Waals surface area contributed by atoms with Crippen molar-refractivity contribution < 1.29 is 0 Å². The van der Waals surface area contributed by atoms with Crippen molar-refractivity contribution in [3.05, 3.63) is 35.2 Å². The van der Waals surface area contributed by atoms with Crippen LogP contribution in [0, 0.1) is 0 Å². The third-order valence-corrected chi connectivity index (χ3v) is 5.35. The number of aliphatic imine (C=N–C) groups is 1. The minimum absolute atomic E-state index is 0. The Labute approximate surface area is 169 Å². The van der Waals surface area contributed by atoms with Gasteiger partial charge in [-0.05, 0) is 37.7 Å². The second kappa shape index (κ2) is 9.72. The van der Waals surface area contributed by atoms with E-state index in [1.807, 2.05) is 40.7 Å². The Hall–Kier alpha value is -0.670. The quantitative estimate of drug-likeness (QED) is 0.391. The van der Waals surface area contributed by atoms with Crippen LogP contribution in [-0.4, -0.2) is 39.4 Å². The van der Waals surface area contributed by atoms with Crippen molar-refractivity contribution in [3.63, 3.8) is 0 Å². The minimum Gasteiger partial charge on any atom is -0.357 e. The van der Waals surface area contributed by atoms with E-state index in [9.17, 15) is 0 Å². The highest BCUT2D eigenvalue weighted by molar-refractivity contribution is 14.0. The van der Waals surface area contributed by atoms with Crippen LogP contribution in [0.15, 0.2) is 29.5 Å². The number of rotatable bonds is 5. The Morgan fingerprint density at radius 3 is 3.04 bits per heavy atom. The van der Waals surface area contributed by atoms with Crippen molar-refractivity contribution in [1.82, 2.24) is 20.0 Å². The van der Waals surface area contributed by atoms with Gasteiger partial charge in [0.15, 0.2) is 5.96 Å². The van der Waals surface area contributed by atoms with Crippen molar-refractivity contribution in [2.75, 3.05) is 18.8 Å². The van der Waals surface area contributed by atoms with E-state index in [1.54, 1.807) is 0 Å². The molecular weight excluding hydrogens is 457 g/mol. The van der Waals surface area contributed by atoms with Gasteiger partial charge in [0.2, 0.25) is 0 Å². The number of pyridine rings is 1. The lowest BCUT2D eigenvalue weighted by molar-refractivity contribution is 0.726. The Kier molecular flexibility index (Phi) is 7.96. The predicted octanol–water partition coefficient (Wildman–Crippen LogP) is 3.56. The summed E-state index contributed by atoms with van der Waals surface area (Å²) in [5.41, 5.74) is 1.82. The Morgan fingerprint density at radius 2 is 2.29 bits per heavy atom. The van der Waals surface area contributed by atoms with Crippen LogP contribution in [0.2, 0.25) is 5.02 Å². The molecule has 0 saturated carbocycles. The van der Waals surface area contributed by atoms with Crippen LogP contribution in [0.5, 0.6) is 0 Å². The molecule has 0 bridgehead atoms. The fourth-order valence-electron chi connectivity index (χ4n) is 2.61. The molecule has 0 spiro atoms. The summed E-state index contributed by atoms with van der Waals surface area (Å²) < 4.78 is 1.93. The smallest absolute Gasteiger partial charge is 0.191 e. The molecule has 3 rings (SSSR count). The van der Waals surface area contributed by atoms with Gasteiger partial charge in [0.05, 0.1) is 17.3 Å². The maximum absolute atomic E-state index is 6.00. The van der Waals surface area contributed by atoms with Crippen molar-refractivity contribution in [1.29, 1.82) is 0 Å². The molecular formula is C16H23ClIN5S. The average molecular weight is 480 g/mol. The lowest BCUT2D eigenvalue weighted by atomic mass is 10.2. The number of halogens is 2. The van der Waals surface area contributed by atoms with E-state index < -0.39 is 0 Å². The number of thioether (sulfide) groups is 1. The second-order valence-corrected chi connectivity index (χ2v) is 7.40. The minimum atomic E-state index is 0. The number of guanidine groups is 1. The normalized spacial score (nSPS) is 17.8. The van der Waals surface area contributed by atoms with E-state index in [4.69, 9.17) is 11.6 Å². The van der Waals surface area contributed by atoms with Gasteiger partial charge in [-0.1, -0.05) is 11.6 Å². The van der Waals surface area contributed by atoms with Crippen LogP contribution in [0.3, 0.4) is 0 Å². The van der Waals surface area contributed by atoms with Gasteiger partial charge < -0.3 is 15.0 Å². The van der Waals surface area contributed by atoms with Gasteiger partial charge in [-0.25, -0.2) is 9.98 Å². The van der Waals surface area contributed by atoms with Gasteiger partial charge in [-0.3, -0.25) is 0 Å². The molecule has 1 aliphatic heterocycles. The first-order valence-corrected chi connectivity index (χ1v) is 9.44. The molecule has 2 aromatic heterocycles. The SMILES string of the molecule is CCNC(=NCc1cn2cc(Cl)ccc2n1)NCC1CCCS1.I. The van der Waals surface area contributed by atoms with Crippen molar-refractivity contribution in [3.8, 4) is 0 Å². The molecule has 1 atom stereocenters. The molecule has 0 aliphatic carbocycles. The van der Waals surface area contributed by atoms with Gasteiger partial charge in [-0.2, -0.15) is 11.8 Å². The lowest BCUT2D eigenvalue weighted by Gasteiger charge is -2.14. The molecule has 0 radical (unpaired) electrons. The molecule has 1 saturated heterocycles. The standard InChI is InChI=1S/C16H22ClN5S.HI/c1-2-18-16(20-9-14-4-3-7-23-14)19-8-13-11-22-10-12(17)5-6-15(22)21-13;/h5-6,10-11,14H,2-4,7-9H2,1H3,(H2,18,19,20);1H. The van der Waals surface area contributed by atoms with E-state index in [2.05, 4.69) is 27.5 Å². The highest BCUT2D eigenvalue weighted by Crippen LogP contribution is 2.25. The summed E-state index contributed by atoms with van der Waals surface area (Å²) in [5, 5.41) is 8.14. The first-order valence-electron chi connectivity index (χ1n) is 8.01. The van der Waals surface area contributed by atoms with E-state index in [0.29, 0.717) is 16.8 Å². The molecule has 132 valence electrons. The van der Waals surface area contributed by atoms with Crippen LogP contribution in [-0.2, 0) is 6.54 Å². The zero-order valence-electron chi connectivity index (χ0n) is 13.7. The average Bonchev–Trinajstić information content (AvgIpc) is 3.18. The number of nitrogens with one attached hydrogen (secondary N) is 2. The molecule has 3 heterocycles. The van der Waals surface area contributed by atoms with Crippen molar-refractivity contribution in [2.24, 2.45) is 4.99 Å². The van der Waals surface area contributed by atoms with Crippen LogP contribution >= 0.6 is 47.3 Å². The summed E-state index contributed by atoms with van der Waals surface area (Å²) in [6, 6.07) is 3.76. The van der Waals surface area contributed by atoms with E-state index in [-0.39, 0.29) is 24.0 Å². The maximum atomic E-state index is 6.00. The van der Waals surface area contributed by atoms with Crippen LogP contribution in [0.4, 0.5) is 0 Å². The Morgan fingerprint density at radius 1 is 1.42 bits per heavy atom. The number of hydrogen-bond donors (Lipinski definition) is 2. The molecule has 1 fully saturated rings. The number of imidazole rings is 1. The molecule has 24 heavy (non-hydrogen) atoms. The van der Waals surface area contributed by atoms with Gasteiger partial charge in [0, 0.05) is 30.7 Å². The van der Waals surface area contributed by atoms with E-state index >= 15 is 0 Å². The molecule has 0 amide bonds. The summed E-state index contributed by atoms with van der Waals surface area (Å²) in [6.45, 7) is 4.45. The monoisotopic (exact) mass is 479 g/mol. The van der Waals surface area contributed by atoms with Crippen LogP contribution in [0.25, 0.3) is 5.65 Å². The molecule has 5 nitrogen and oxygen atoms in total. The number of hydrogen-bond acceptors (Lipinski definition) is 3. The summed E-state index contributed by atoms with van der Waals surface area (Å²) in [7, 11) is 0. The van der Waals surface area contributed by atoms with E-state index in [1.165, 1.54) is 18.6 Å². The fraction of sp³-hybridized carbons (Fsp3) is 0.500. The van der Waals surface area contributed by atoms with Gasteiger partial charge in [-0.15, -0.1) is 24.0 Å². The molecule has 2 N–H and O–H groups in total. The molecule has 2 aromatic rings. The predicted molar refractivity (Wildman–Crippen MR) is 114 cm³/mol. The third kappa shape index (κ3) is 5.42. The largest absolute Gasteiger partial charge is 0.357 e. The first-order chi connectivity index (χ1) is 11.2. The summed E-state index contributed by atoms with van der Waals surface area (Å²) in [6.07, 6.45) is 6.46. The van der Waals surface area contributed by atoms with Gasteiger partial charge in [0.1, 0.15) is 5.65 Å². The number of nitrogens with zero attached hydrogens (tertiary/aromatic N) is 3. The second-order valence-electron chi connectivity index (χ2n) is 5.56. The topological polar surface area (TPSA) is 53.7 Å². The van der Waals surface area contributed by atoms with Crippen molar-refractivity contribution >= 4 is 58.9 Å². The molecule has 0 aromatic carbocycles. The summed E-state index contributed by atoms with van der Waals surface area (Å²) >= 11 is 8.05. The number of aromatic nitrogens is 2. The van der Waals surface area contributed by atoms with Crippen LogP contribution < -0.4 is 10.6 Å². The zero-order chi connectivity index (χ0) is 16.1. The van der Waals surface area contributed by atoms with Crippen molar-refractivity contribution in [2.45, 2.75) is 31.6 Å². The highest BCUT2D eigenvalue weighted by Gasteiger charge is 2.15. The fourth-order valence-corrected chi connectivity index (χ4v) is 3.98. The summed E-state index contributed by atoms with van der Waals surface area (Å²) in [4.78, 5) is 9.20. The Balaban J connectivity index is 0.00000208. The lowest BCUT2D eigenvalue weighted by Crippen LogP contribution is -2.40. The molecule has 1 unspecified atom stereocenters. The maximum Gasteiger partial charge on any atom is 0.191 e. The molecule has 8 heteroatoms. The Bertz CT molecular complexity index is 684. The highest BCUT2D eigenvalue weighted by atomic mass is 127. The molecule has 1 aliphatic rings. The van der Waals surface area contributed by atoms with Crippen LogP contribution in [0.1, 0.15) is 25.5 Å². The van der Waals surface area contributed by atoms with E-state index in [0.717, 1.165) is 30.4 Å². The summed E-state index contributed by atoms with van der Waals surface area (Å²) in [5.74, 6) is 2.14. The third-order valence-electron chi connectivity index (χ3n) is 3.73. The van der Waals surface area contributed by atoms with Gasteiger partial charge in [0.25, 0.3) is 0 Å².